The van der Waals surface area contributed by atoms with Crippen LogP contribution in [0.15, 0.2) is 30.9 Å². The minimum Gasteiger partial charge on any atom is -0.497 e. The van der Waals surface area contributed by atoms with E-state index in [1.165, 1.54) is 14.2 Å². The Morgan fingerprint density at radius 3 is 2.64 bits per heavy atom. The molecule has 2 N–H and O–H groups in total. The van der Waals surface area contributed by atoms with E-state index in [9.17, 15) is 9.59 Å². The highest BCUT2D eigenvalue weighted by molar-refractivity contribution is 5.78. The molecule has 6 nitrogen and oxygen atoms in total. The van der Waals surface area contributed by atoms with Gasteiger partial charge in [0.25, 0.3) is 0 Å². The molecule has 0 spiro atoms. The number of hydrogen-bond donors (Lipinski definition) is 2. The van der Waals surface area contributed by atoms with Crippen LogP contribution in [0.3, 0.4) is 0 Å². The van der Waals surface area contributed by atoms with Crippen LogP contribution in [-0.4, -0.2) is 31.2 Å². The Hall–Kier alpha value is -2.50. The molecule has 0 heterocycles. The topological polar surface area (TPSA) is 84.9 Å². The molecule has 1 amide bonds. The van der Waals surface area contributed by atoms with Crippen molar-refractivity contribution in [1.82, 2.24) is 5.32 Å². The summed E-state index contributed by atoms with van der Waals surface area (Å²) in [5.41, 5.74) is 0.595. The minimum atomic E-state index is -1.01. The van der Waals surface area contributed by atoms with Crippen molar-refractivity contribution >= 4 is 11.9 Å². The van der Waals surface area contributed by atoms with Gasteiger partial charge in [-0.25, -0.2) is 0 Å². The number of methoxy groups -OCH3 is 2. The number of carbonyl (C=O) groups is 2. The van der Waals surface area contributed by atoms with Gasteiger partial charge in [-0.1, -0.05) is 6.08 Å². The van der Waals surface area contributed by atoms with Crippen molar-refractivity contribution < 1.29 is 24.2 Å². The van der Waals surface area contributed by atoms with Crippen LogP contribution < -0.4 is 14.8 Å². The molecule has 0 fully saturated rings. The average molecular weight is 307 g/mol. The highest BCUT2D eigenvalue weighted by Crippen LogP contribution is 2.31. The van der Waals surface area contributed by atoms with E-state index in [1.54, 1.807) is 24.3 Å². The second-order valence-electron chi connectivity index (χ2n) is 4.65. The fraction of sp³-hybridized carbons (Fsp3) is 0.375. The number of allylic oxidation sites excluding steroid dienone is 1. The molecule has 1 aromatic rings. The Morgan fingerprint density at radius 1 is 1.36 bits per heavy atom. The maximum atomic E-state index is 11.9. The normalized spacial score (nSPS) is 11.4. The molecule has 1 unspecified atom stereocenters. The zero-order valence-corrected chi connectivity index (χ0v) is 12.8. The van der Waals surface area contributed by atoms with Crippen LogP contribution in [0.1, 0.15) is 30.9 Å². The third-order valence-electron chi connectivity index (χ3n) is 3.11. The Balaban J connectivity index is 3.02. The fourth-order valence-corrected chi connectivity index (χ4v) is 2.02. The second kappa shape index (κ2) is 8.71. The maximum absolute atomic E-state index is 11.9. The van der Waals surface area contributed by atoms with Crippen molar-refractivity contribution in [1.29, 1.82) is 0 Å². The molecule has 1 aromatic carbocycles. The van der Waals surface area contributed by atoms with E-state index < -0.39 is 12.0 Å². The summed E-state index contributed by atoms with van der Waals surface area (Å²) in [5, 5.41) is 11.8. The Kier molecular flexibility index (Phi) is 6.95. The van der Waals surface area contributed by atoms with E-state index in [4.69, 9.17) is 14.6 Å². The lowest BCUT2D eigenvalue weighted by Crippen LogP contribution is -2.30. The lowest BCUT2D eigenvalue weighted by Gasteiger charge is -2.20. The summed E-state index contributed by atoms with van der Waals surface area (Å²) in [4.78, 5) is 22.9. The fourth-order valence-electron chi connectivity index (χ4n) is 2.02. The standard InChI is InChI=1S/C16H21NO5/c1-4-5-6-15(18)17-13(10-16(19)20)12-8-7-11(21-2)9-14(12)22-3/h4,7-9,13H,1,5-6,10H2,2-3H3,(H,17,18)(H,19,20). The van der Waals surface area contributed by atoms with Gasteiger partial charge in [-0.2, -0.15) is 0 Å². The summed E-state index contributed by atoms with van der Waals surface area (Å²) < 4.78 is 10.4. The quantitative estimate of drug-likeness (QED) is 0.684. The third kappa shape index (κ3) is 5.12. The van der Waals surface area contributed by atoms with E-state index >= 15 is 0 Å². The zero-order valence-electron chi connectivity index (χ0n) is 12.8. The van der Waals surface area contributed by atoms with Gasteiger partial charge in [0, 0.05) is 18.1 Å². The van der Waals surface area contributed by atoms with Crippen molar-refractivity contribution in [3.63, 3.8) is 0 Å². The van der Waals surface area contributed by atoms with Crippen LogP contribution in [0.4, 0.5) is 0 Å². The number of carboxylic acid groups (broad SMARTS) is 1. The smallest absolute Gasteiger partial charge is 0.305 e. The number of aliphatic carboxylic acids is 1. The first-order chi connectivity index (χ1) is 10.5. The number of ether oxygens (including phenoxy) is 2. The molecular weight excluding hydrogens is 286 g/mol. The molecule has 1 atom stereocenters. The highest BCUT2D eigenvalue weighted by Gasteiger charge is 2.21. The van der Waals surface area contributed by atoms with Gasteiger partial charge in [0.15, 0.2) is 0 Å². The van der Waals surface area contributed by atoms with Crippen LogP contribution in [-0.2, 0) is 9.59 Å². The van der Waals surface area contributed by atoms with Crippen LogP contribution in [0.5, 0.6) is 11.5 Å². The summed E-state index contributed by atoms with van der Waals surface area (Å²) >= 11 is 0. The van der Waals surface area contributed by atoms with E-state index in [-0.39, 0.29) is 18.7 Å². The molecular formula is C16H21NO5. The van der Waals surface area contributed by atoms with Gasteiger partial charge in [-0.15, -0.1) is 6.58 Å². The Labute approximate surface area is 129 Å². The van der Waals surface area contributed by atoms with Gasteiger partial charge >= 0.3 is 5.97 Å². The van der Waals surface area contributed by atoms with E-state index in [2.05, 4.69) is 11.9 Å². The van der Waals surface area contributed by atoms with E-state index in [1.807, 2.05) is 0 Å². The molecule has 0 aliphatic heterocycles. The molecule has 0 aliphatic carbocycles. The van der Waals surface area contributed by atoms with Gasteiger partial charge in [-0.3, -0.25) is 9.59 Å². The van der Waals surface area contributed by atoms with Crippen LogP contribution in [0.25, 0.3) is 0 Å². The summed E-state index contributed by atoms with van der Waals surface area (Å²) in [6, 6.07) is 4.37. The molecule has 22 heavy (non-hydrogen) atoms. The number of carboxylic acids is 1. The van der Waals surface area contributed by atoms with E-state index in [0.29, 0.717) is 23.5 Å². The highest BCUT2D eigenvalue weighted by atomic mass is 16.5. The van der Waals surface area contributed by atoms with Crippen molar-refractivity contribution in [2.45, 2.75) is 25.3 Å². The van der Waals surface area contributed by atoms with Crippen molar-refractivity contribution in [3.05, 3.63) is 36.4 Å². The molecule has 0 aliphatic rings. The first-order valence-corrected chi connectivity index (χ1v) is 6.85. The summed E-state index contributed by atoms with van der Waals surface area (Å²) in [6.45, 7) is 3.56. The molecule has 0 saturated carbocycles. The van der Waals surface area contributed by atoms with E-state index in [0.717, 1.165) is 0 Å². The molecule has 0 aromatic heterocycles. The lowest BCUT2D eigenvalue weighted by molar-refractivity contribution is -0.137. The monoisotopic (exact) mass is 307 g/mol. The van der Waals surface area contributed by atoms with Gasteiger partial charge in [0.1, 0.15) is 11.5 Å². The largest absolute Gasteiger partial charge is 0.497 e. The van der Waals surface area contributed by atoms with Crippen molar-refractivity contribution in [3.8, 4) is 11.5 Å². The molecule has 6 heteroatoms. The summed E-state index contributed by atoms with van der Waals surface area (Å²) in [7, 11) is 3.01. The van der Waals surface area contributed by atoms with Gasteiger partial charge in [-0.05, 0) is 18.6 Å². The molecule has 120 valence electrons. The van der Waals surface area contributed by atoms with Crippen LogP contribution in [0.2, 0.25) is 0 Å². The van der Waals surface area contributed by atoms with Gasteiger partial charge in [0.05, 0.1) is 26.7 Å². The molecule has 1 rings (SSSR count). The number of nitrogens with one attached hydrogen (secondary N) is 1. The number of hydrogen-bond acceptors (Lipinski definition) is 4. The molecule has 0 saturated heterocycles. The first kappa shape index (κ1) is 17.6. The molecule has 0 bridgehead atoms. The number of benzene rings is 1. The third-order valence-corrected chi connectivity index (χ3v) is 3.11. The van der Waals surface area contributed by atoms with Gasteiger partial charge < -0.3 is 19.9 Å². The number of amides is 1. The SMILES string of the molecule is C=CCCC(=O)NC(CC(=O)O)c1ccc(OC)cc1OC. The maximum Gasteiger partial charge on any atom is 0.305 e. The Morgan fingerprint density at radius 2 is 2.09 bits per heavy atom. The van der Waals surface area contributed by atoms with Crippen LogP contribution in [0, 0.1) is 0 Å². The Bertz CT molecular complexity index is 541. The summed E-state index contributed by atoms with van der Waals surface area (Å²) in [5.74, 6) is -0.182. The van der Waals surface area contributed by atoms with Crippen molar-refractivity contribution in [2.75, 3.05) is 14.2 Å². The second-order valence-corrected chi connectivity index (χ2v) is 4.65. The zero-order chi connectivity index (χ0) is 16.5. The number of carbonyl (C=O) groups excluding carboxylic acids is 1. The van der Waals surface area contributed by atoms with Crippen LogP contribution >= 0.6 is 0 Å². The average Bonchev–Trinajstić information content (AvgIpc) is 2.51. The predicted molar refractivity (Wildman–Crippen MR) is 82.1 cm³/mol. The summed E-state index contributed by atoms with van der Waals surface area (Å²) in [6.07, 6.45) is 2.20. The first-order valence-electron chi connectivity index (χ1n) is 6.85. The minimum absolute atomic E-state index is 0.232. The lowest BCUT2D eigenvalue weighted by atomic mass is 10.0. The van der Waals surface area contributed by atoms with Gasteiger partial charge in [0.2, 0.25) is 5.91 Å². The number of rotatable bonds is 9. The predicted octanol–water partition coefficient (Wildman–Crippen LogP) is 2.30. The van der Waals surface area contributed by atoms with Crippen molar-refractivity contribution in [2.24, 2.45) is 0 Å². The molecule has 0 radical (unpaired) electrons.